The number of rotatable bonds is 4. The van der Waals surface area contributed by atoms with Gasteiger partial charge in [-0.25, -0.2) is 4.79 Å². The molecule has 3 nitrogen and oxygen atoms in total. The third-order valence-electron chi connectivity index (χ3n) is 3.19. The highest BCUT2D eigenvalue weighted by atomic mass is 16.4. The van der Waals surface area contributed by atoms with Crippen LogP contribution >= 0.6 is 0 Å². The van der Waals surface area contributed by atoms with Gasteiger partial charge in [-0.05, 0) is 19.9 Å². The van der Waals surface area contributed by atoms with Gasteiger partial charge in [0.1, 0.15) is 0 Å². The normalized spacial score (nSPS) is 18.8. The summed E-state index contributed by atoms with van der Waals surface area (Å²) >= 11 is 0. The van der Waals surface area contributed by atoms with Crippen molar-refractivity contribution in [3.8, 4) is 0 Å². The van der Waals surface area contributed by atoms with Gasteiger partial charge in [0.25, 0.3) is 0 Å². The Morgan fingerprint density at radius 1 is 1.33 bits per heavy atom. The molecule has 0 aromatic heterocycles. The van der Waals surface area contributed by atoms with E-state index in [0.29, 0.717) is 18.2 Å². The van der Waals surface area contributed by atoms with Crippen molar-refractivity contribution in [3.63, 3.8) is 0 Å². The van der Waals surface area contributed by atoms with Gasteiger partial charge in [-0.15, -0.1) is 0 Å². The topological polar surface area (TPSA) is 40.5 Å². The van der Waals surface area contributed by atoms with Crippen molar-refractivity contribution in [3.05, 3.63) is 12.2 Å². The van der Waals surface area contributed by atoms with E-state index in [1.54, 1.807) is 0 Å². The monoisotopic (exact) mass is 211 g/mol. The molecular formula is C12H21NO2. The molecule has 0 aromatic rings. The van der Waals surface area contributed by atoms with E-state index in [9.17, 15) is 4.79 Å². The van der Waals surface area contributed by atoms with Crippen molar-refractivity contribution in [2.24, 2.45) is 0 Å². The van der Waals surface area contributed by atoms with Gasteiger partial charge in [0.05, 0.1) is 0 Å². The van der Waals surface area contributed by atoms with Crippen LogP contribution in [0.4, 0.5) is 0 Å². The molecule has 0 aliphatic heterocycles. The molecule has 0 saturated heterocycles. The first-order valence-corrected chi connectivity index (χ1v) is 5.72. The highest BCUT2D eigenvalue weighted by Crippen LogP contribution is 2.21. The van der Waals surface area contributed by atoms with Crippen LogP contribution in [0, 0.1) is 0 Å². The molecule has 0 spiro atoms. The van der Waals surface area contributed by atoms with Gasteiger partial charge in [0.15, 0.2) is 0 Å². The average Bonchev–Trinajstić information content (AvgIpc) is 2.45. The summed E-state index contributed by atoms with van der Waals surface area (Å²) < 4.78 is 0. The number of aliphatic carboxylic acids is 1. The molecule has 0 aromatic carbocycles. The molecule has 0 atom stereocenters. The summed E-state index contributed by atoms with van der Waals surface area (Å²) in [5.74, 6) is -0.879. The largest absolute Gasteiger partial charge is 0.478 e. The molecule has 0 bridgehead atoms. The second-order valence-electron chi connectivity index (χ2n) is 4.47. The number of hydrogen-bond acceptors (Lipinski definition) is 2. The van der Waals surface area contributed by atoms with Crippen LogP contribution in [-0.2, 0) is 4.79 Å². The Hall–Kier alpha value is -0.830. The second-order valence-corrected chi connectivity index (χ2v) is 4.47. The van der Waals surface area contributed by atoms with Crippen LogP contribution in [0.2, 0.25) is 0 Å². The molecule has 1 N–H and O–H groups in total. The van der Waals surface area contributed by atoms with E-state index in [2.05, 4.69) is 11.5 Å². The first kappa shape index (κ1) is 12.2. The highest BCUT2D eigenvalue weighted by molar-refractivity contribution is 5.86. The van der Waals surface area contributed by atoms with E-state index in [1.165, 1.54) is 38.5 Å². The number of hydrogen-bond donors (Lipinski definition) is 1. The maximum atomic E-state index is 10.7. The minimum atomic E-state index is -0.879. The molecule has 0 radical (unpaired) electrons. The van der Waals surface area contributed by atoms with Gasteiger partial charge in [0.2, 0.25) is 0 Å². The lowest BCUT2D eigenvalue weighted by Gasteiger charge is -2.26. The molecule has 86 valence electrons. The molecule has 15 heavy (non-hydrogen) atoms. The minimum absolute atomic E-state index is 0.293. The summed E-state index contributed by atoms with van der Waals surface area (Å²) in [5.41, 5.74) is 0.293. The molecule has 1 saturated carbocycles. The van der Waals surface area contributed by atoms with Crippen LogP contribution in [0.15, 0.2) is 12.2 Å². The molecule has 3 heteroatoms. The van der Waals surface area contributed by atoms with Crippen LogP contribution < -0.4 is 0 Å². The summed E-state index contributed by atoms with van der Waals surface area (Å²) in [6.07, 6.45) is 7.59. The third kappa shape index (κ3) is 4.04. The van der Waals surface area contributed by atoms with Crippen molar-refractivity contribution in [1.82, 2.24) is 4.90 Å². The van der Waals surface area contributed by atoms with Crippen molar-refractivity contribution in [2.75, 3.05) is 13.6 Å². The van der Waals surface area contributed by atoms with Crippen molar-refractivity contribution < 1.29 is 9.90 Å². The fraction of sp³-hybridized carbons (Fsp3) is 0.750. The summed E-state index contributed by atoms with van der Waals surface area (Å²) in [6, 6.07) is 0.545. The molecule has 1 fully saturated rings. The molecular weight excluding hydrogens is 190 g/mol. The van der Waals surface area contributed by atoms with Crippen LogP contribution in [0.3, 0.4) is 0 Å². The molecule has 1 aliphatic carbocycles. The second kappa shape index (κ2) is 5.91. The number of carbonyl (C=O) groups is 1. The molecule has 0 unspecified atom stereocenters. The van der Waals surface area contributed by atoms with E-state index in [1.807, 2.05) is 7.05 Å². The maximum absolute atomic E-state index is 10.7. The quantitative estimate of drug-likeness (QED) is 0.573. The Balaban J connectivity index is 2.40. The van der Waals surface area contributed by atoms with E-state index in [4.69, 9.17) is 5.11 Å². The van der Waals surface area contributed by atoms with E-state index >= 15 is 0 Å². The van der Waals surface area contributed by atoms with Gasteiger partial charge in [-0.3, -0.25) is 4.90 Å². The predicted octanol–water partition coefficient (Wildman–Crippen LogP) is 2.28. The van der Waals surface area contributed by atoms with Crippen LogP contribution in [0.5, 0.6) is 0 Å². The Kier molecular flexibility index (Phi) is 4.82. The first-order chi connectivity index (χ1) is 7.11. The van der Waals surface area contributed by atoms with Gasteiger partial charge in [-0.2, -0.15) is 0 Å². The predicted molar refractivity (Wildman–Crippen MR) is 60.9 cm³/mol. The van der Waals surface area contributed by atoms with Gasteiger partial charge < -0.3 is 5.11 Å². The van der Waals surface area contributed by atoms with Crippen molar-refractivity contribution >= 4 is 5.97 Å². The number of nitrogens with zero attached hydrogens (tertiary/aromatic N) is 1. The Morgan fingerprint density at radius 3 is 2.33 bits per heavy atom. The molecule has 0 amide bonds. The summed E-state index contributed by atoms with van der Waals surface area (Å²) in [4.78, 5) is 12.8. The molecule has 1 rings (SSSR count). The number of carboxylic acid groups (broad SMARTS) is 1. The van der Waals surface area contributed by atoms with Gasteiger partial charge in [0, 0.05) is 18.2 Å². The van der Waals surface area contributed by atoms with Crippen molar-refractivity contribution in [2.45, 2.75) is 44.6 Å². The lowest BCUT2D eigenvalue weighted by atomic mass is 10.1. The smallest absolute Gasteiger partial charge is 0.332 e. The van der Waals surface area contributed by atoms with E-state index in [-0.39, 0.29) is 0 Å². The fourth-order valence-corrected chi connectivity index (χ4v) is 2.20. The zero-order valence-corrected chi connectivity index (χ0v) is 9.54. The van der Waals surface area contributed by atoms with Gasteiger partial charge >= 0.3 is 5.97 Å². The Bertz CT molecular complexity index is 230. The van der Waals surface area contributed by atoms with E-state index < -0.39 is 5.97 Å². The third-order valence-corrected chi connectivity index (χ3v) is 3.19. The summed E-state index contributed by atoms with van der Waals surface area (Å²) in [7, 11) is 2.00. The standard InChI is InChI=1S/C12H21NO2/c1-10(12(14)15)9-13(2)11-7-5-3-4-6-8-11/h11H,1,3-9H2,2H3,(H,14,15). The SMILES string of the molecule is C=C(CN(C)C1CCCCCC1)C(=O)O. The Labute approximate surface area is 91.8 Å². The van der Waals surface area contributed by atoms with E-state index in [0.717, 1.165) is 0 Å². The number of carboxylic acids is 1. The molecule has 1 aliphatic rings. The van der Waals surface area contributed by atoms with Crippen LogP contribution in [0.1, 0.15) is 38.5 Å². The Morgan fingerprint density at radius 2 is 1.87 bits per heavy atom. The maximum Gasteiger partial charge on any atom is 0.332 e. The first-order valence-electron chi connectivity index (χ1n) is 5.72. The fourth-order valence-electron chi connectivity index (χ4n) is 2.20. The lowest BCUT2D eigenvalue weighted by molar-refractivity contribution is -0.132. The summed E-state index contributed by atoms with van der Waals surface area (Å²) in [5, 5.41) is 8.76. The zero-order chi connectivity index (χ0) is 11.3. The lowest BCUT2D eigenvalue weighted by Crippen LogP contribution is -2.33. The summed E-state index contributed by atoms with van der Waals surface area (Å²) in [6.45, 7) is 4.06. The molecule has 0 heterocycles. The minimum Gasteiger partial charge on any atom is -0.478 e. The zero-order valence-electron chi connectivity index (χ0n) is 9.54. The van der Waals surface area contributed by atoms with Gasteiger partial charge in [-0.1, -0.05) is 32.3 Å². The van der Waals surface area contributed by atoms with Crippen LogP contribution in [-0.4, -0.2) is 35.6 Å². The van der Waals surface area contributed by atoms with Crippen molar-refractivity contribution in [1.29, 1.82) is 0 Å². The highest BCUT2D eigenvalue weighted by Gasteiger charge is 2.18. The van der Waals surface area contributed by atoms with Crippen LogP contribution in [0.25, 0.3) is 0 Å². The average molecular weight is 211 g/mol. The number of likely N-dealkylation sites (N-methyl/N-ethyl adjacent to an activating group) is 1.